The van der Waals surface area contributed by atoms with Crippen molar-refractivity contribution < 1.29 is 36.6 Å². The Kier molecular flexibility index (Phi) is 7.44. The largest absolute Gasteiger partial charge is 0.586 e. The van der Waals surface area contributed by atoms with Crippen molar-refractivity contribution in [2.24, 2.45) is 11.7 Å². The van der Waals surface area contributed by atoms with Gasteiger partial charge in [0.25, 0.3) is 5.92 Å². The second-order valence-electron chi connectivity index (χ2n) is 8.80. The Morgan fingerprint density at radius 2 is 2.03 bits per heavy atom. The van der Waals surface area contributed by atoms with Crippen LogP contribution in [-0.2, 0) is 9.59 Å². The number of aromatic nitrogens is 1. The number of likely N-dealkylation sites (tertiary alicyclic amines) is 1. The Morgan fingerprint density at radius 3 is 2.70 bits per heavy atom. The number of alkyl halides is 4. The number of carbonyl (C=O) groups excluding carboxylic acids is 2. The zero-order chi connectivity index (χ0) is 27.0. The lowest BCUT2D eigenvalue weighted by molar-refractivity contribution is -0.286. The number of hydrogen-bond donors (Lipinski definition) is 3. The van der Waals surface area contributed by atoms with E-state index in [1.165, 1.54) is 24.4 Å². The van der Waals surface area contributed by atoms with Gasteiger partial charge >= 0.3 is 6.29 Å². The number of halogens is 4. The summed E-state index contributed by atoms with van der Waals surface area (Å²) in [5, 5.41) is 5.20. The summed E-state index contributed by atoms with van der Waals surface area (Å²) < 4.78 is 65.8. The van der Waals surface area contributed by atoms with Crippen molar-refractivity contribution in [1.29, 1.82) is 0 Å². The van der Waals surface area contributed by atoms with Crippen LogP contribution in [0.1, 0.15) is 20.3 Å². The predicted molar refractivity (Wildman–Crippen MR) is 129 cm³/mol. The molecule has 200 valence electrons. The molecule has 4 rings (SSSR count). The third-order valence-corrected chi connectivity index (χ3v) is 7.12. The number of piperidine rings is 1. The topological polar surface area (TPSA) is 119 Å². The van der Waals surface area contributed by atoms with Gasteiger partial charge in [0.1, 0.15) is 0 Å². The number of nitrogens with two attached hydrogens (primary N) is 1. The van der Waals surface area contributed by atoms with E-state index in [0.717, 1.165) is 11.3 Å². The minimum Gasteiger partial charge on any atom is -0.395 e. The van der Waals surface area contributed by atoms with Crippen molar-refractivity contribution in [1.82, 2.24) is 15.2 Å². The zero-order valence-corrected chi connectivity index (χ0v) is 20.7. The molecule has 1 fully saturated rings. The molecule has 0 saturated carbocycles. The quantitative estimate of drug-likeness (QED) is 0.265. The van der Waals surface area contributed by atoms with Crippen LogP contribution in [0, 0.1) is 5.92 Å². The maximum Gasteiger partial charge on any atom is 0.586 e. The molecule has 1 saturated heterocycles. The average Bonchev–Trinajstić information content (AvgIpc) is 3.35. The Bertz CT molecular complexity index is 1220. The van der Waals surface area contributed by atoms with E-state index in [2.05, 4.69) is 25.1 Å². The molecule has 14 heteroatoms. The lowest BCUT2D eigenvalue weighted by Crippen LogP contribution is -2.53. The Balaban J connectivity index is 1.49. The number of benzene rings is 1. The number of nitrogens with one attached hydrogen (secondary N) is 2. The van der Waals surface area contributed by atoms with Gasteiger partial charge in [0.05, 0.1) is 22.2 Å². The molecule has 1 aromatic heterocycles. The summed E-state index contributed by atoms with van der Waals surface area (Å²) in [6, 6.07) is 1.84. The van der Waals surface area contributed by atoms with Crippen LogP contribution in [0.4, 0.5) is 22.7 Å². The molecule has 0 radical (unpaired) electrons. The fraction of sp³-hybridized carbons (Fsp3) is 0.435. The standard InChI is InChI=1S/C23H25F4N5O4S/c1-12(8-28)5-14(9-29-11-33)15-10-32(4-3-22(15,24)25)13(2)20(34)31-21-30-16-6-17-18(7-19(16)37-21)36-23(26,27)35-17/h5-7,9,11,13,15H,3-4,8,10,28H2,1-2H3,(H,29,33)(H,30,31,34)/b12-5+,14-9+. The average molecular weight is 544 g/mol. The number of nitrogens with zero attached hydrogens (tertiary/aromatic N) is 2. The van der Waals surface area contributed by atoms with E-state index >= 15 is 0 Å². The number of rotatable bonds is 8. The van der Waals surface area contributed by atoms with Gasteiger partial charge in [0, 0.05) is 44.4 Å². The summed E-state index contributed by atoms with van der Waals surface area (Å²) in [6.45, 7) is 3.28. The summed E-state index contributed by atoms with van der Waals surface area (Å²) in [5.41, 5.74) is 6.79. The van der Waals surface area contributed by atoms with E-state index in [4.69, 9.17) is 5.73 Å². The van der Waals surface area contributed by atoms with Crippen molar-refractivity contribution in [3.05, 3.63) is 35.6 Å². The minimum absolute atomic E-state index is 0.0263. The number of allylic oxidation sites excluding steroid dienone is 1. The highest BCUT2D eigenvalue weighted by Gasteiger charge is 2.47. The van der Waals surface area contributed by atoms with E-state index in [1.54, 1.807) is 18.7 Å². The number of carbonyl (C=O) groups is 2. The first-order chi connectivity index (χ1) is 17.4. The third kappa shape index (κ3) is 5.86. The van der Waals surface area contributed by atoms with E-state index in [1.807, 2.05) is 0 Å². The number of hydrogen-bond acceptors (Lipinski definition) is 8. The van der Waals surface area contributed by atoms with Gasteiger partial charge in [-0.25, -0.2) is 13.8 Å². The lowest BCUT2D eigenvalue weighted by Gasteiger charge is -2.41. The van der Waals surface area contributed by atoms with Gasteiger partial charge in [0.2, 0.25) is 12.3 Å². The first kappa shape index (κ1) is 26.8. The number of amides is 2. The maximum absolute atomic E-state index is 14.9. The second kappa shape index (κ2) is 10.3. The molecule has 2 aliphatic rings. The molecule has 2 aliphatic heterocycles. The monoisotopic (exact) mass is 543 g/mol. The maximum atomic E-state index is 14.9. The van der Waals surface area contributed by atoms with E-state index in [0.29, 0.717) is 22.2 Å². The number of thiazole rings is 1. The molecular weight excluding hydrogens is 518 g/mol. The molecule has 1 aromatic carbocycles. The molecule has 3 heterocycles. The molecule has 2 amide bonds. The molecule has 2 atom stereocenters. The third-order valence-electron chi connectivity index (χ3n) is 6.18. The fourth-order valence-electron chi connectivity index (χ4n) is 4.15. The molecule has 0 spiro atoms. The Morgan fingerprint density at radius 1 is 1.32 bits per heavy atom. The SMILES string of the molecule is C/C(=C\C(=C/NC=O)C1CN(C(C)C(=O)Nc2nc3cc4c(cc3s2)OC(F)(F)O4)CCC1(F)F)CN. The number of anilines is 1. The summed E-state index contributed by atoms with van der Waals surface area (Å²) in [7, 11) is 0. The van der Waals surface area contributed by atoms with Crippen molar-refractivity contribution in [3.8, 4) is 11.5 Å². The molecule has 4 N–H and O–H groups in total. The van der Waals surface area contributed by atoms with Gasteiger partial charge in [-0.05, 0) is 19.4 Å². The van der Waals surface area contributed by atoms with Gasteiger partial charge in [-0.15, -0.1) is 8.78 Å². The van der Waals surface area contributed by atoms with Gasteiger partial charge in [-0.1, -0.05) is 23.0 Å². The molecule has 0 aliphatic carbocycles. The van der Waals surface area contributed by atoms with Gasteiger partial charge in [-0.2, -0.15) is 0 Å². The first-order valence-electron chi connectivity index (χ1n) is 11.3. The highest BCUT2D eigenvalue weighted by atomic mass is 32.1. The fourth-order valence-corrected chi connectivity index (χ4v) is 5.02. The lowest BCUT2D eigenvalue weighted by atomic mass is 9.85. The van der Waals surface area contributed by atoms with Crippen LogP contribution in [0.2, 0.25) is 0 Å². The van der Waals surface area contributed by atoms with Crippen molar-refractivity contribution in [2.75, 3.05) is 25.0 Å². The smallest absolute Gasteiger partial charge is 0.395 e. The minimum atomic E-state index is -3.75. The van der Waals surface area contributed by atoms with Gasteiger partial charge in [-0.3, -0.25) is 14.5 Å². The number of ether oxygens (including phenoxy) is 2. The number of fused-ring (bicyclic) bond motifs is 2. The molecule has 9 nitrogen and oxygen atoms in total. The molecule has 2 unspecified atom stereocenters. The van der Waals surface area contributed by atoms with Crippen LogP contribution >= 0.6 is 11.3 Å². The Labute approximate surface area is 213 Å². The van der Waals surface area contributed by atoms with Crippen molar-refractivity contribution in [3.63, 3.8) is 0 Å². The molecule has 0 bridgehead atoms. The molecule has 37 heavy (non-hydrogen) atoms. The van der Waals surface area contributed by atoms with Gasteiger partial charge < -0.3 is 25.8 Å². The van der Waals surface area contributed by atoms with E-state index in [9.17, 15) is 27.2 Å². The van der Waals surface area contributed by atoms with Crippen LogP contribution in [0.25, 0.3) is 10.2 Å². The zero-order valence-electron chi connectivity index (χ0n) is 19.9. The molecule has 2 aromatic rings. The normalized spacial score (nSPS) is 22.1. The van der Waals surface area contributed by atoms with Crippen molar-refractivity contribution >= 4 is 39.0 Å². The first-order valence-corrected chi connectivity index (χ1v) is 12.1. The highest BCUT2D eigenvalue weighted by molar-refractivity contribution is 7.22. The van der Waals surface area contributed by atoms with Crippen LogP contribution < -0.4 is 25.8 Å². The summed E-state index contributed by atoms with van der Waals surface area (Å²) in [6.07, 6.45) is -1.11. The van der Waals surface area contributed by atoms with Crippen LogP contribution in [0.5, 0.6) is 11.5 Å². The van der Waals surface area contributed by atoms with Crippen LogP contribution in [-0.4, -0.2) is 60.1 Å². The van der Waals surface area contributed by atoms with E-state index < -0.39 is 36.5 Å². The van der Waals surface area contributed by atoms with Gasteiger partial charge in [0.15, 0.2) is 16.6 Å². The summed E-state index contributed by atoms with van der Waals surface area (Å²) in [4.78, 5) is 29.6. The second-order valence-corrected chi connectivity index (χ2v) is 9.83. The van der Waals surface area contributed by atoms with Crippen LogP contribution in [0.3, 0.4) is 0 Å². The highest BCUT2D eigenvalue weighted by Crippen LogP contribution is 2.45. The van der Waals surface area contributed by atoms with E-state index in [-0.39, 0.29) is 41.8 Å². The van der Waals surface area contributed by atoms with Crippen LogP contribution in [0.15, 0.2) is 35.6 Å². The Hall–Kier alpha value is -3.23. The summed E-state index contributed by atoms with van der Waals surface area (Å²) in [5.74, 6) is -5.13. The predicted octanol–water partition coefficient (Wildman–Crippen LogP) is 3.44. The summed E-state index contributed by atoms with van der Waals surface area (Å²) >= 11 is 1.05. The molecular formula is C23H25F4N5O4S. The van der Waals surface area contributed by atoms with Crippen molar-refractivity contribution in [2.45, 2.75) is 38.5 Å².